The lowest BCUT2D eigenvalue weighted by molar-refractivity contribution is -0.133. The molecular weight excluding hydrogens is 276 g/mol. The second-order valence-electron chi connectivity index (χ2n) is 6.20. The van der Waals surface area contributed by atoms with Gasteiger partial charge in [0.15, 0.2) is 0 Å². The standard InChI is InChI=1S/C18H28N2O2/c1-3-19(14-18(22)20-11-5-4-6-12-20)13-17(21)16-9-7-15(2)8-10-16/h7-10,17,21H,3-6,11-14H2,1-2H3. The summed E-state index contributed by atoms with van der Waals surface area (Å²) in [6.07, 6.45) is 2.91. The Labute approximate surface area is 133 Å². The average Bonchev–Trinajstić information content (AvgIpc) is 2.55. The summed E-state index contributed by atoms with van der Waals surface area (Å²) >= 11 is 0. The lowest BCUT2D eigenvalue weighted by Crippen LogP contribution is -2.43. The van der Waals surface area contributed by atoms with Crippen LogP contribution >= 0.6 is 0 Å². The third kappa shape index (κ3) is 4.82. The van der Waals surface area contributed by atoms with Crippen LogP contribution in [-0.4, -0.2) is 53.5 Å². The van der Waals surface area contributed by atoms with Crippen LogP contribution in [-0.2, 0) is 4.79 Å². The van der Waals surface area contributed by atoms with E-state index >= 15 is 0 Å². The molecule has 1 aliphatic rings. The molecular formula is C18H28N2O2. The molecule has 4 heteroatoms. The van der Waals surface area contributed by atoms with Crippen LogP contribution in [0.1, 0.15) is 43.4 Å². The number of nitrogens with zero attached hydrogens (tertiary/aromatic N) is 2. The van der Waals surface area contributed by atoms with Gasteiger partial charge in [-0.3, -0.25) is 9.69 Å². The van der Waals surface area contributed by atoms with Gasteiger partial charge in [-0.15, -0.1) is 0 Å². The fraction of sp³-hybridized carbons (Fsp3) is 0.611. The van der Waals surface area contributed by atoms with Crippen molar-refractivity contribution < 1.29 is 9.90 Å². The minimum atomic E-state index is -0.547. The molecule has 0 aromatic heterocycles. The monoisotopic (exact) mass is 304 g/mol. The zero-order valence-corrected chi connectivity index (χ0v) is 13.8. The lowest BCUT2D eigenvalue weighted by atomic mass is 10.1. The largest absolute Gasteiger partial charge is 0.387 e. The van der Waals surface area contributed by atoms with Crippen molar-refractivity contribution in [3.8, 4) is 0 Å². The Morgan fingerprint density at radius 2 is 1.86 bits per heavy atom. The van der Waals surface area contributed by atoms with Gasteiger partial charge in [-0.25, -0.2) is 0 Å². The van der Waals surface area contributed by atoms with Gasteiger partial charge in [0, 0.05) is 19.6 Å². The molecule has 1 aromatic rings. The van der Waals surface area contributed by atoms with Crippen LogP contribution in [0.15, 0.2) is 24.3 Å². The van der Waals surface area contributed by atoms with Crippen molar-refractivity contribution in [1.29, 1.82) is 0 Å². The normalized spacial score (nSPS) is 16.8. The predicted molar refractivity (Wildman–Crippen MR) is 88.7 cm³/mol. The summed E-state index contributed by atoms with van der Waals surface area (Å²) in [5.74, 6) is 0.192. The molecule has 1 aromatic carbocycles. The average molecular weight is 304 g/mol. The van der Waals surface area contributed by atoms with E-state index < -0.39 is 6.10 Å². The maximum absolute atomic E-state index is 12.3. The van der Waals surface area contributed by atoms with Crippen molar-refractivity contribution in [1.82, 2.24) is 9.80 Å². The van der Waals surface area contributed by atoms with E-state index in [0.717, 1.165) is 38.0 Å². The van der Waals surface area contributed by atoms with E-state index in [4.69, 9.17) is 0 Å². The number of carbonyl (C=O) groups excluding carboxylic acids is 1. The molecule has 1 fully saturated rings. The molecule has 0 bridgehead atoms. The first-order valence-corrected chi connectivity index (χ1v) is 8.35. The van der Waals surface area contributed by atoms with Gasteiger partial charge in [0.25, 0.3) is 0 Å². The van der Waals surface area contributed by atoms with Crippen LogP contribution in [0.4, 0.5) is 0 Å². The maximum Gasteiger partial charge on any atom is 0.236 e. The Morgan fingerprint density at radius 1 is 1.23 bits per heavy atom. The third-order valence-corrected chi connectivity index (χ3v) is 4.41. The molecule has 1 unspecified atom stereocenters. The Kier molecular flexibility index (Phi) is 6.40. The summed E-state index contributed by atoms with van der Waals surface area (Å²) in [5.41, 5.74) is 2.10. The van der Waals surface area contributed by atoms with Crippen molar-refractivity contribution in [2.24, 2.45) is 0 Å². The topological polar surface area (TPSA) is 43.8 Å². The SMILES string of the molecule is CCN(CC(=O)N1CCCCC1)CC(O)c1ccc(C)cc1. The zero-order valence-electron chi connectivity index (χ0n) is 13.8. The Bertz CT molecular complexity index is 466. The van der Waals surface area contributed by atoms with E-state index in [-0.39, 0.29) is 5.91 Å². The van der Waals surface area contributed by atoms with Crippen LogP contribution in [0.2, 0.25) is 0 Å². The van der Waals surface area contributed by atoms with Gasteiger partial charge in [-0.05, 0) is 38.3 Å². The summed E-state index contributed by atoms with van der Waals surface area (Å²) in [6, 6.07) is 7.93. The lowest BCUT2D eigenvalue weighted by Gasteiger charge is -2.30. The highest BCUT2D eigenvalue weighted by molar-refractivity contribution is 5.78. The molecule has 2 rings (SSSR count). The number of aryl methyl sites for hydroxylation is 1. The van der Waals surface area contributed by atoms with Gasteiger partial charge >= 0.3 is 0 Å². The highest BCUT2D eigenvalue weighted by Crippen LogP contribution is 2.16. The van der Waals surface area contributed by atoms with Gasteiger partial charge in [0.05, 0.1) is 12.6 Å². The van der Waals surface area contributed by atoms with Gasteiger partial charge in [-0.1, -0.05) is 36.8 Å². The molecule has 4 nitrogen and oxygen atoms in total. The van der Waals surface area contributed by atoms with E-state index in [1.165, 1.54) is 12.0 Å². The van der Waals surface area contributed by atoms with E-state index in [1.54, 1.807) is 0 Å². The fourth-order valence-electron chi connectivity index (χ4n) is 2.88. The number of piperidine rings is 1. The highest BCUT2D eigenvalue weighted by atomic mass is 16.3. The Morgan fingerprint density at radius 3 is 2.45 bits per heavy atom. The van der Waals surface area contributed by atoms with Gasteiger partial charge in [0.2, 0.25) is 5.91 Å². The molecule has 1 aliphatic heterocycles. The van der Waals surface area contributed by atoms with Gasteiger partial charge in [-0.2, -0.15) is 0 Å². The number of aliphatic hydroxyl groups is 1. The van der Waals surface area contributed by atoms with E-state index in [1.807, 2.05) is 47.9 Å². The number of aliphatic hydroxyl groups excluding tert-OH is 1. The van der Waals surface area contributed by atoms with Crippen LogP contribution in [0, 0.1) is 6.92 Å². The Balaban J connectivity index is 1.88. The number of hydrogen-bond donors (Lipinski definition) is 1. The minimum absolute atomic E-state index is 0.192. The Hall–Kier alpha value is -1.39. The van der Waals surface area contributed by atoms with Crippen LogP contribution < -0.4 is 0 Å². The fourth-order valence-corrected chi connectivity index (χ4v) is 2.88. The summed E-state index contributed by atoms with van der Waals surface area (Å²) in [4.78, 5) is 16.3. The molecule has 122 valence electrons. The minimum Gasteiger partial charge on any atom is -0.387 e. The smallest absolute Gasteiger partial charge is 0.236 e. The number of likely N-dealkylation sites (tertiary alicyclic amines) is 1. The summed E-state index contributed by atoms with van der Waals surface area (Å²) in [6.45, 7) is 7.51. The molecule has 0 spiro atoms. The third-order valence-electron chi connectivity index (χ3n) is 4.41. The van der Waals surface area contributed by atoms with Crippen molar-refractivity contribution in [3.05, 3.63) is 35.4 Å². The van der Waals surface area contributed by atoms with E-state index in [0.29, 0.717) is 13.1 Å². The second kappa shape index (κ2) is 8.30. The molecule has 1 saturated heterocycles. The molecule has 1 amide bonds. The van der Waals surface area contributed by atoms with Gasteiger partial charge in [0.1, 0.15) is 0 Å². The summed E-state index contributed by atoms with van der Waals surface area (Å²) in [7, 11) is 0. The van der Waals surface area contributed by atoms with Crippen molar-refractivity contribution in [3.63, 3.8) is 0 Å². The first-order valence-electron chi connectivity index (χ1n) is 8.35. The van der Waals surface area contributed by atoms with Crippen LogP contribution in [0.25, 0.3) is 0 Å². The number of hydrogen-bond acceptors (Lipinski definition) is 3. The molecule has 0 saturated carbocycles. The summed E-state index contributed by atoms with van der Waals surface area (Å²) < 4.78 is 0. The molecule has 1 atom stereocenters. The number of benzene rings is 1. The van der Waals surface area contributed by atoms with Crippen LogP contribution in [0.3, 0.4) is 0 Å². The van der Waals surface area contributed by atoms with Crippen molar-refractivity contribution >= 4 is 5.91 Å². The maximum atomic E-state index is 12.3. The first-order chi connectivity index (χ1) is 10.6. The first kappa shape index (κ1) is 17.0. The number of rotatable bonds is 6. The molecule has 1 heterocycles. The van der Waals surface area contributed by atoms with Crippen molar-refractivity contribution in [2.45, 2.75) is 39.2 Å². The van der Waals surface area contributed by atoms with E-state index in [2.05, 4.69) is 0 Å². The highest BCUT2D eigenvalue weighted by Gasteiger charge is 2.20. The van der Waals surface area contributed by atoms with Crippen LogP contribution in [0.5, 0.6) is 0 Å². The zero-order chi connectivity index (χ0) is 15.9. The summed E-state index contributed by atoms with van der Waals surface area (Å²) in [5, 5.41) is 10.4. The molecule has 0 radical (unpaired) electrons. The molecule has 1 N–H and O–H groups in total. The number of amides is 1. The quantitative estimate of drug-likeness (QED) is 0.877. The van der Waals surface area contributed by atoms with Crippen molar-refractivity contribution in [2.75, 3.05) is 32.7 Å². The molecule has 22 heavy (non-hydrogen) atoms. The van der Waals surface area contributed by atoms with Gasteiger partial charge < -0.3 is 10.0 Å². The number of carbonyl (C=O) groups is 1. The number of likely N-dealkylation sites (N-methyl/N-ethyl adjacent to an activating group) is 1. The molecule has 0 aliphatic carbocycles. The van der Waals surface area contributed by atoms with E-state index in [9.17, 15) is 9.90 Å². The predicted octanol–water partition coefficient (Wildman–Crippen LogP) is 2.36. The second-order valence-corrected chi connectivity index (χ2v) is 6.20.